The molecule has 1 aromatic heterocycles. The SMILES string of the molecule is C=CCN(CC(=O)N(CCc1ccc(OC)c(OC)c1)Cc1sccc1C)C(=O)CCc1ccccc1. The van der Waals surface area contributed by atoms with Crippen LogP contribution in [0.5, 0.6) is 11.5 Å². The van der Waals surface area contributed by atoms with Gasteiger partial charge in [-0.1, -0.05) is 42.5 Å². The molecule has 0 fully saturated rings. The Morgan fingerprint density at radius 1 is 0.919 bits per heavy atom. The van der Waals surface area contributed by atoms with Crippen LogP contribution in [0.3, 0.4) is 0 Å². The highest BCUT2D eigenvalue weighted by atomic mass is 32.1. The van der Waals surface area contributed by atoms with Gasteiger partial charge in [0, 0.05) is 24.4 Å². The van der Waals surface area contributed by atoms with Crippen LogP contribution < -0.4 is 9.47 Å². The molecule has 3 rings (SSSR count). The van der Waals surface area contributed by atoms with Gasteiger partial charge >= 0.3 is 0 Å². The summed E-state index contributed by atoms with van der Waals surface area (Å²) in [6.07, 6.45) is 3.31. The number of carbonyl (C=O) groups excluding carboxylic acids is 2. The first-order chi connectivity index (χ1) is 17.9. The van der Waals surface area contributed by atoms with Crippen LogP contribution in [0.25, 0.3) is 0 Å². The molecule has 0 N–H and O–H groups in total. The van der Waals surface area contributed by atoms with Crippen LogP contribution in [0.4, 0.5) is 0 Å². The molecule has 0 unspecified atom stereocenters. The number of thiophene rings is 1. The first kappa shape index (κ1) is 28.0. The molecule has 6 nitrogen and oxygen atoms in total. The summed E-state index contributed by atoms with van der Waals surface area (Å²) < 4.78 is 10.8. The van der Waals surface area contributed by atoms with Gasteiger partial charge in [0.1, 0.15) is 6.54 Å². The largest absolute Gasteiger partial charge is 0.493 e. The van der Waals surface area contributed by atoms with E-state index < -0.39 is 0 Å². The Morgan fingerprint density at radius 3 is 2.32 bits per heavy atom. The molecule has 37 heavy (non-hydrogen) atoms. The first-order valence-electron chi connectivity index (χ1n) is 12.4. The molecule has 196 valence electrons. The Bertz CT molecular complexity index is 1180. The van der Waals surface area contributed by atoms with Crippen molar-refractivity contribution in [3.8, 4) is 11.5 Å². The van der Waals surface area contributed by atoms with Crippen molar-refractivity contribution in [1.82, 2.24) is 9.80 Å². The third-order valence-corrected chi connectivity index (χ3v) is 7.28. The van der Waals surface area contributed by atoms with Gasteiger partial charge in [0.05, 0.1) is 20.8 Å². The summed E-state index contributed by atoms with van der Waals surface area (Å²) in [7, 11) is 3.22. The Kier molecular flexibility index (Phi) is 10.8. The molecule has 0 saturated heterocycles. The maximum atomic E-state index is 13.5. The molecule has 2 amide bonds. The second-order valence-corrected chi connectivity index (χ2v) is 9.83. The highest BCUT2D eigenvalue weighted by Gasteiger charge is 2.22. The number of nitrogens with zero attached hydrogens (tertiary/aromatic N) is 2. The Balaban J connectivity index is 1.71. The lowest BCUT2D eigenvalue weighted by Gasteiger charge is -2.27. The molecule has 3 aromatic rings. The van der Waals surface area contributed by atoms with E-state index in [0.717, 1.165) is 21.6 Å². The highest BCUT2D eigenvalue weighted by molar-refractivity contribution is 7.10. The van der Waals surface area contributed by atoms with E-state index >= 15 is 0 Å². The van der Waals surface area contributed by atoms with Crippen molar-refractivity contribution in [1.29, 1.82) is 0 Å². The van der Waals surface area contributed by atoms with E-state index in [1.165, 1.54) is 0 Å². The summed E-state index contributed by atoms with van der Waals surface area (Å²) in [5, 5.41) is 2.04. The lowest BCUT2D eigenvalue weighted by molar-refractivity contribution is -0.140. The standard InChI is InChI=1S/C30H36N2O4S/c1-5-17-31(29(33)14-12-24-9-7-6-8-10-24)22-30(34)32(21-28-23(2)16-19-37-28)18-15-25-11-13-26(35-3)27(20-25)36-4/h5-11,13,16,19-20H,1,12,14-15,17-18,21-22H2,2-4H3. The maximum Gasteiger partial charge on any atom is 0.242 e. The van der Waals surface area contributed by atoms with Gasteiger partial charge in [-0.05, 0) is 60.0 Å². The predicted octanol–water partition coefficient (Wildman–Crippen LogP) is 5.29. The zero-order valence-corrected chi connectivity index (χ0v) is 22.8. The van der Waals surface area contributed by atoms with Gasteiger partial charge in [-0.25, -0.2) is 0 Å². The van der Waals surface area contributed by atoms with E-state index in [0.29, 0.717) is 50.4 Å². The monoisotopic (exact) mass is 520 g/mol. The molecule has 0 bridgehead atoms. The molecule has 0 aliphatic rings. The number of rotatable bonds is 14. The van der Waals surface area contributed by atoms with Crippen LogP contribution in [0, 0.1) is 6.92 Å². The van der Waals surface area contributed by atoms with Gasteiger partial charge in [0.15, 0.2) is 11.5 Å². The topological polar surface area (TPSA) is 59.1 Å². The number of carbonyl (C=O) groups is 2. The molecule has 0 radical (unpaired) electrons. The molecule has 0 atom stereocenters. The third-order valence-electron chi connectivity index (χ3n) is 6.27. The zero-order valence-electron chi connectivity index (χ0n) is 21.9. The van der Waals surface area contributed by atoms with Crippen LogP contribution in [0.1, 0.15) is 28.0 Å². The van der Waals surface area contributed by atoms with Crippen LogP contribution in [0.15, 0.2) is 72.6 Å². The fraction of sp³-hybridized carbons (Fsp3) is 0.333. The van der Waals surface area contributed by atoms with E-state index in [9.17, 15) is 9.59 Å². The van der Waals surface area contributed by atoms with Gasteiger partial charge in [0.2, 0.25) is 11.8 Å². The van der Waals surface area contributed by atoms with Crippen LogP contribution in [-0.2, 0) is 29.0 Å². The number of amides is 2. The Morgan fingerprint density at radius 2 is 1.68 bits per heavy atom. The number of benzene rings is 2. The minimum atomic E-state index is -0.0804. The van der Waals surface area contributed by atoms with Crippen molar-refractivity contribution in [2.45, 2.75) is 32.7 Å². The van der Waals surface area contributed by atoms with E-state index in [2.05, 4.69) is 19.6 Å². The molecule has 0 aliphatic carbocycles. The lowest BCUT2D eigenvalue weighted by Crippen LogP contribution is -2.43. The Hall–Kier alpha value is -3.58. The van der Waals surface area contributed by atoms with E-state index in [1.807, 2.05) is 58.8 Å². The molecule has 0 saturated carbocycles. The molecule has 2 aromatic carbocycles. The summed E-state index contributed by atoms with van der Waals surface area (Å²) in [4.78, 5) is 31.2. The molecule has 1 heterocycles. The number of hydrogen-bond donors (Lipinski definition) is 0. The van der Waals surface area contributed by atoms with Crippen molar-refractivity contribution in [3.63, 3.8) is 0 Å². The van der Waals surface area contributed by atoms with E-state index in [4.69, 9.17) is 9.47 Å². The molecule has 0 spiro atoms. The van der Waals surface area contributed by atoms with Gasteiger partial charge in [-0.3, -0.25) is 9.59 Å². The minimum absolute atomic E-state index is 0.0238. The number of hydrogen-bond acceptors (Lipinski definition) is 5. The van der Waals surface area contributed by atoms with Crippen molar-refractivity contribution in [3.05, 3.63) is 94.2 Å². The predicted molar refractivity (Wildman–Crippen MR) is 149 cm³/mol. The highest BCUT2D eigenvalue weighted by Crippen LogP contribution is 2.28. The average Bonchev–Trinajstić information content (AvgIpc) is 3.33. The van der Waals surface area contributed by atoms with Crippen LogP contribution >= 0.6 is 11.3 Å². The van der Waals surface area contributed by atoms with Crippen molar-refractivity contribution >= 4 is 23.2 Å². The van der Waals surface area contributed by atoms with E-state index in [1.54, 1.807) is 36.5 Å². The summed E-state index contributed by atoms with van der Waals surface area (Å²) >= 11 is 1.64. The number of aryl methyl sites for hydroxylation is 2. The quantitative estimate of drug-likeness (QED) is 0.271. The third kappa shape index (κ3) is 8.22. The number of ether oxygens (including phenoxy) is 2. The molecule has 0 aliphatic heterocycles. The summed E-state index contributed by atoms with van der Waals surface area (Å²) in [5.74, 6) is 1.20. The lowest BCUT2D eigenvalue weighted by atomic mass is 10.1. The zero-order chi connectivity index (χ0) is 26.6. The maximum absolute atomic E-state index is 13.5. The second-order valence-electron chi connectivity index (χ2n) is 8.83. The van der Waals surface area contributed by atoms with Crippen LogP contribution in [-0.4, -0.2) is 55.5 Å². The summed E-state index contributed by atoms with van der Waals surface area (Å²) in [5.41, 5.74) is 3.31. The van der Waals surface area contributed by atoms with Crippen molar-refractivity contribution in [2.24, 2.45) is 0 Å². The van der Waals surface area contributed by atoms with Crippen LogP contribution in [0.2, 0.25) is 0 Å². The van der Waals surface area contributed by atoms with Gasteiger partial charge in [-0.15, -0.1) is 17.9 Å². The molecular weight excluding hydrogens is 484 g/mol. The van der Waals surface area contributed by atoms with Gasteiger partial charge < -0.3 is 19.3 Å². The smallest absolute Gasteiger partial charge is 0.242 e. The summed E-state index contributed by atoms with van der Waals surface area (Å²) in [6.45, 7) is 7.24. The molecule has 7 heteroatoms. The van der Waals surface area contributed by atoms with Gasteiger partial charge in [-0.2, -0.15) is 0 Å². The average molecular weight is 521 g/mol. The summed E-state index contributed by atoms with van der Waals surface area (Å²) in [6, 6.07) is 17.8. The fourth-order valence-electron chi connectivity index (χ4n) is 4.06. The molecular formula is C30H36N2O4S. The van der Waals surface area contributed by atoms with E-state index in [-0.39, 0.29) is 18.4 Å². The van der Waals surface area contributed by atoms with Crippen molar-refractivity contribution < 1.29 is 19.1 Å². The second kappa shape index (κ2) is 14.2. The fourth-order valence-corrected chi connectivity index (χ4v) is 4.98. The first-order valence-corrected chi connectivity index (χ1v) is 13.3. The minimum Gasteiger partial charge on any atom is -0.493 e. The van der Waals surface area contributed by atoms with Gasteiger partial charge in [0.25, 0.3) is 0 Å². The van der Waals surface area contributed by atoms with Crippen molar-refractivity contribution in [2.75, 3.05) is 33.9 Å². The number of methoxy groups -OCH3 is 2. The Labute approximate surface area is 224 Å². The normalized spacial score (nSPS) is 10.6.